The number of aryl methyl sites for hydroxylation is 1. The smallest absolute Gasteiger partial charge is 0.202 e. The van der Waals surface area contributed by atoms with Crippen molar-refractivity contribution in [3.05, 3.63) is 17.8 Å². The van der Waals surface area contributed by atoms with Gasteiger partial charge in [0.25, 0.3) is 0 Å². The summed E-state index contributed by atoms with van der Waals surface area (Å²) < 4.78 is 2.17. The molecule has 2 heterocycles. The monoisotopic (exact) mass is 270 g/mol. The van der Waals surface area contributed by atoms with Crippen LogP contribution in [0, 0.1) is 24.7 Å². The molecule has 0 radical (unpaired) electrons. The number of hydrogen-bond acceptors (Lipinski definition) is 3. The predicted molar refractivity (Wildman–Crippen MR) is 80.3 cm³/mol. The molecule has 4 unspecified atom stereocenters. The zero-order valence-corrected chi connectivity index (χ0v) is 12.2. The van der Waals surface area contributed by atoms with E-state index in [1.54, 1.807) is 0 Å². The maximum absolute atomic E-state index is 6.18. The van der Waals surface area contributed by atoms with Gasteiger partial charge in [-0.05, 0) is 63.0 Å². The van der Waals surface area contributed by atoms with Crippen molar-refractivity contribution in [3.63, 3.8) is 0 Å². The molecule has 20 heavy (non-hydrogen) atoms. The Balaban J connectivity index is 1.77. The first-order chi connectivity index (χ1) is 9.63. The van der Waals surface area contributed by atoms with Crippen molar-refractivity contribution in [2.45, 2.75) is 45.6 Å². The van der Waals surface area contributed by atoms with Crippen molar-refractivity contribution in [1.29, 1.82) is 0 Å². The number of anilines is 1. The van der Waals surface area contributed by atoms with Crippen LogP contribution in [0.15, 0.2) is 12.1 Å². The molecule has 4 rings (SSSR count). The summed E-state index contributed by atoms with van der Waals surface area (Å²) in [6, 6.07) is 4.43. The summed E-state index contributed by atoms with van der Waals surface area (Å²) in [5.41, 5.74) is 9.08. The first-order valence-electron chi connectivity index (χ1n) is 7.74. The van der Waals surface area contributed by atoms with E-state index in [-0.39, 0.29) is 0 Å². The summed E-state index contributed by atoms with van der Waals surface area (Å²) in [5.74, 6) is 3.21. The Morgan fingerprint density at radius 1 is 1.25 bits per heavy atom. The first-order valence-corrected chi connectivity index (χ1v) is 7.74. The Hall–Kier alpha value is -1.58. The number of pyridine rings is 1. The third-order valence-electron chi connectivity index (χ3n) is 5.52. The predicted octanol–water partition coefficient (Wildman–Crippen LogP) is 3.32. The summed E-state index contributed by atoms with van der Waals surface area (Å²) >= 11 is 0. The van der Waals surface area contributed by atoms with E-state index in [0.717, 1.165) is 34.6 Å². The Kier molecular flexibility index (Phi) is 2.56. The van der Waals surface area contributed by atoms with Gasteiger partial charge in [0.2, 0.25) is 5.95 Å². The molecule has 0 saturated heterocycles. The summed E-state index contributed by atoms with van der Waals surface area (Å²) in [6.07, 6.45) is 5.62. The fourth-order valence-electron chi connectivity index (χ4n) is 4.56. The lowest BCUT2D eigenvalue weighted by Crippen LogP contribution is -2.23. The van der Waals surface area contributed by atoms with Crippen LogP contribution in [0.5, 0.6) is 0 Å². The second-order valence-corrected chi connectivity index (χ2v) is 6.71. The van der Waals surface area contributed by atoms with Gasteiger partial charge in [0, 0.05) is 11.7 Å². The van der Waals surface area contributed by atoms with Crippen molar-refractivity contribution < 1.29 is 0 Å². The molecule has 2 saturated carbocycles. The minimum Gasteiger partial charge on any atom is -0.369 e. The minimum absolute atomic E-state index is 0.407. The van der Waals surface area contributed by atoms with E-state index in [1.807, 2.05) is 19.1 Å². The molecule has 2 bridgehead atoms. The van der Waals surface area contributed by atoms with Crippen molar-refractivity contribution in [3.8, 4) is 0 Å². The lowest BCUT2D eigenvalue weighted by Gasteiger charge is -2.29. The fraction of sp³-hybridized carbons (Fsp3) is 0.625. The van der Waals surface area contributed by atoms with E-state index in [4.69, 9.17) is 5.73 Å². The van der Waals surface area contributed by atoms with Crippen molar-refractivity contribution in [1.82, 2.24) is 14.5 Å². The van der Waals surface area contributed by atoms with Gasteiger partial charge in [-0.1, -0.05) is 6.42 Å². The Morgan fingerprint density at radius 2 is 2.10 bits per heavy atom. The number of hydrogen-bond donors (Lipinski definition) is 1. The lowest BCUT2D eigenvalue weighted by molar-refractivity contribution is 0.247. The molecule has 106 valence electrons. The zero-order chi connectivity index (χ0) is 13.9. The van der Waals surface area contributed by atoms with Crippen LogP contribution in [0.3, 0.4) is 0 Å². The summed E-state index contributed by atoms with van der Waals surface area (Å²) in [7, 11) is 0. The van der Waals surface area contributed by atoms with Gasteiger partial charge in [-0.25, -0.2) is 9.97 Å². The number of nitrogen functional groups attached to an aromatic ring is 1. The molecule has 2 N–H and O–H groups in total. The third-order valence-corrected chi connectivity index (χ3v) is 5.52. The van der Waals surface area contributed by atoms with Crippen LogP contribution in [0.25, 0.3) is 11.2 Å². The van der Waals surface area contributed by atoms with Crippen molar-refractivity contribution in [2.24, 2.45) is 17.8 Å². The van der Waals surface area contributed by atoms with E-state index >= 15 is 0 Å². The normalized spacial score (nSPS) is 30.2. The molecule has 0 aliphatic heterocycles. The van der Waals surface area contributed by atoms with Crippen molar-refractivity contribution in [2.75, 3.05) is 5.73 Å². The molecule has 0 spiro atoms. The number of fused-ring (bicyclic) bond motifs is 3. The number of nitrogens with two attached hydrogens (primary N) is 1. The molecule has 0 amide bonds. The SMILES string of the molecule is Cc1ccc2nc(N)n(C(C)C3CC4CCC3C4)c2n1. The molecule has 0 aromatic carbocycles. The van der Waals surface area contributed by atoms with Crippen molar-refractivity contribution >= 4 is 17.1 Å². The van der Waals surface area contributed by atoms with E-state index < -0.39 is 0 Å². The zero-order valence-electron chi connectivity index (χ0n) is 12.2. The van der Waals surface area contributed by atoms with Crippen LogP contribution >= 0.6 is 0 Å². The fourth-order valence-corrected chi connectivity index (χ4v) is 4.56. The largest absolute Gasteiger partial charge is 0.369 e. The summed E-state index contributed by atoms with van der Waals surface area (Å²) in [6.45, 7) is 4.32. The molecule has 4 heteroatoms. The van der Waals surface area contributed by atoms with Crippen LogP contribution in [-0.4, -0.2) is 14.5 Å². The van der Waals surface area contributed by atoms with Crippen LogP contribution in [0.2, 0.25) is 0 Å². The van der Waals surface area contributed by atoms with Gasteiger partial charge in [-0.3, -0.25) is 4.57 Å². The van der Waals surface area contributed by atoms with E-state index in [9.17, 15) is 0 Å². The topological polar surface area (TPSA) is 56.7 Å². The number of aromatic nitrogens is 3. The lowest BCUT2D eigenvalue weighted by atomic mass is 9.84. The van der Waals surface area contributed by atoms with Crippen LogP contribution < -0.4 is 5.73 Å². The maximum Gasteiger partial charge on any atom is 0.202 e. The molecule has 4 atom stereocenters. The van der Waals surface area contributed by atoms with E-state index in [2.05, 4.69) is 21.5 Å². The van der Waals surface area contributed by atoms with Crippen LogP contribution in [0.1, 0.15) is 44.3 Å². The molecule has 2 aromatic rings. The van der Waals surface area contributed by atoms with E-state index in [1.165, 1.54) is 25.7 Å². The second-order valence-electron chi connectivity index (χ2n) is 6.71. The quantitative estimate of drug-likeness (QED) is 0.910. The highest BCUT2D eigenvalue weighted by Crippen LogP contribution is 2.52. The molecular formula is C16H22N4. The van der Waals surface area contributed by atoms with Crippen LogP contribution in [-0.2, 0) is 0 Å². The Labute approximate surface area is 119 Å². The third kappa shape index (κ3) is 1.67. The maximum atomic E-state index is 6.18. The van der Waals surface area contributed by atoms with Gasteiger partial charge in [0.05, 0.1) is 0 Å². The summed E-state index contributed by atoms with van der Waals surface area (Å²) in [4.78, 5) is 9.16. The standard InChI is InChI=1S/C16H22N4/c1-9-3-6-14-15(18-9)20(16(17)19-14)10(2)13-8-11-4-5-12(13)7-11/h3,6,10-13H,4-5,7-8H2,1-2H3,(H2,17,19). The van der Waals surface area contributed by atoms with Gasteiger partial charge in [0.15, 0.2) is 5.65 Å². The molecule has 4 nitrogen and oxygen atoms in total. The average Bonchev–Trinajstić information content (AvgIpc) is 3.10. The molecular weight excluding hydrogens is 248 g/mol. The number of rotatable bonds is 2. The van der Waals surface area contributed by atoms with Gasteiger partial charge in [0.1, 0.15) is 5.52 Å². The minimum atomic E-state index is 0.407. The molecule has 2 aliphatic rings. The molecule has 2 aliphatic carbocycles. The van der Waals surface area contributed by atoms with E-state index in [0.29, 0.717) is 12.0 Å². The first kappa shape index (κ1) is 12.2. The number of nitrogens with zero attached hydrogens (tertiary/aromatic N) is 3. The van der Waals surface area contributed by atoms with Gasteiger partial charge in [-0.2, -0.15) is 0 Å². The molecule has 2 fully saturated rings. The summed E-state index contributed by atoms with van der Waals surface area (Å²) in [5, 5.41) is 0. The number of imidazole rings is 1. The van der Waals surface area contributed by atoms with Gasteiger partial charge < -0.3 is 5.73 Å². The highest BCUT2D eigenvalue weighted by Gasteiger charge is 2.42. The Bertz CT molecular complexity index is 660. The Morgan fingerprint density at radius 3 is 2.80 bits per heavy atom. The van der Waals surface area contributed by atoms with Gasteiger partial charge >= 0.3 is 0 Å². The van der Waals surface area contributed by atoms with Crippen LogP contribution in [0.4, 0.5) is 5.95 Å². The highest BCUT2D eigenvalue weighted by atomic mass is 15.2. The highest BCUT2D eigenvalue weighted by molar-refractivity contribution is 5.74. The molecule has 2 aromatic heterocycles. The average molecular weight is 270 g/mol. The van der Waals surface area contributed by atoms with Gasteiger partial charge in [-0.15, -0.1) is 0 Å². The second kappa shape index (κ2) is 4.21.